The molecule has 2 N–H and O–H groups in total. The molecule has 2 atom stereocenters. The van der Waals surface area contributed by atoms with Gasteiger partial charge in [0.05, 0.1) is 13.2 Å². The fourth-order valence-electron chi connectivity index (χ4n) is 1.92. The lowest BCUT2D eigenvalue weighted by atomic mass is 10.2. The monoisotopic (exact) mass is 337 g/mol. The highest BCUT2D eigenvalue weighted by Crippen LogP contribution is 2.54. The lowest BCUT2D eigenvalue weighted by molar-refractivity contribution is -0.144. The van der Waals surface area contributed by atoms with Gasteiger partial charge in [0.15, 0.2) is 0 Å². The maximum Gasteiger partial charge on any atom is 0.375 e. The van der Waals surface area contributed by atoms with Crippen LogP contribution in [0.5, 0.6) is 0 Å². The number of thioether (sulfide) groups is 1. The molecule has 8 heteroatoms. The minimum absolute atomic E-state index is 0.134. The summed E-state index contributed by atoms with van der Waals surface area (Å²) in [4.78, 5) is 22.7. The molecule has 0 spiro atoms. The molecule has 0 aromatic carbocycles. The van der Waals surface area contributed by atoms with E-state index in [1.165, 1.54) is 11.8 Å². The highest BCUT2D eigenvalue weighted by molar-refractivity contribution is 8.03. The molecular weight excluding hydrogens is 313 g/mol. The van der Waals surface area contributed by atoms with Gasteiger partial charge in [0, 0.05) is 10.7 Å². The van der Waals surface area contributed by atoms with E-state index in [4.69, 9.17) is 9.26 Å². The number of hydrogen-bond acceptors (Lipinski definition) is 6. The minimum Gasteiger partial charge on any atom is -0.464 e. The first kappa shape index (κ1) is 18.6. The first-order chi connectivity index (χ1) is 9.96. The lowest BCUT2D eigenvalue weighted by Gasteiger charge is -2.29. The highest BCUT2D eigenvalue weighted by atomic mass is 32.2. The van der Waals surface area contributed by atoms with Gasteiger partial charge in [0.2, 0.25) is 0 Å². The molecule has 1 aliphatic rings. The number of unbranched alkanes of at least 4 members (excludes halogenated alkanes) is 1. The van der Waals surface area contributed by atoms with E-state index in [9.17, 15) is 14.3 Å². The SMILES string of the molecule is CCCCC1=C(P(=O)(O)OCC)N[C@H](C(=O)OCC)CS1. The summed E-state index contributed by atoms with van der Waals surface area (Å²) < 4.78 is 22.3. The molecule has 0 aliphatic carbocycles. The van der Waals surface area contributed by atoms with Crippen LogP contribution in [0.15, 0.2) is 10.3 Å². The number of rotatable bonds is 8. The van der Waals surface area contributed by atoms with Gasteiger partial charge in [-0.05, 0) is 26.7 Å². The maximum absolute atomic E-state index is 12.3. The first-order valence-corrected chi connectivity index (χ1v) is 9.79. The van der Waals surface area contributed by atoms with Crippen LogP contribution >= 0.6 is 19.4 Å². The van der Waals surface area contributed by atoms with Crippen LogP contribution in [-0.4, -0.2) is 35.9 Å². The molecule has 122 valence electrons. The zero-order chi connectivity index (χ0) is 15.9. The molecule has 0 saturated carbocycles. The van der Waals surface area contributed by atoms with E-state index < -0.39 is 19.6 Å². The second kappa shape index (κ2) is 8.83. The van der Waals surface area contributed by atoms with Gasteiger partial charge in [-0.3, -0.25) is 4.57 Å². The Balaban J connectivity index is 2.96. The zero-order valence-corrected chi connectivity index (χ0v) is 14.5. The number of carbonyl (C=O) groups excluding carboxylic acids is 1. The van der Waals surface area contributed by atoms with Crippen molar-refractivity contribution in [3.63, 3.8) is 0 Å². The molecule has 21 heavy (non-hydrogen) atoms. The van der Waals surface area contributed by atoms with Crippen LogP contribution < -0.4 is 5.32 Å². The van der Waals surface area contributed by atoms with Crippen molar-refractivity contribution in [2.45, 2.75) is 46.1 Å². The number of ether oxygens (including phenoxy) is 1. The van der Waals surface area contributed by atoms with Crippen molar-refractivity contribution in [2.75, 3.05) is 19.0 Å². The molecule has 1 aliphatic heterocycles. The summed E-state index contributed by atoms with van der Waals surface area (Å²) in [6, 6.07) is -0.615. The molecule has 1 heterocycles. The summed E-state index contributed by atoms with van der Waals surface area (Å²) in [5.41, 5.74) is 0.159. The largest absolute Gasteiger partial charge is 0.464 e. The fourth-order valence-corrected chi connectivity index (χ4v) is 4.75. The van der Waals surface area contributed by atoms with E-state index in [0.29, 0.717) is 12.2 Å². The van der Waals surface area contributed by atoms with Crippen LogP contribution in [0.25, 0.3) is 0 Å². The third-order valence-corrected chi connectivity index (χ3v) is 5.89. The number of hydrogen-bond donors (Lipinski definition) is 2. The Morgan fingerprint density at radius 3 is 2.71 bits per heavy atom. The molecule has 0 radical (unpaired) electrons. The van der Waals surface area contributed by atoms with E-state index in [1.54, 1.807) is 13.8 Å². The smallest absolute Gasteiger partial charge is 0.375 e. The second-order valence-corrected chi connectivity index (χ2v) is 7.43. The first-order valence-electron chi connectivity index (χ1n) is 7.23. The number of esters is 1. The Kier molecular flexibility index (Phi) is 7.81. The summed E-state index contributed by atoms with van der Waals surface area (Å²) in [5.74, 6) is 0.0848. The Bertz CT molecular complexity index is 440. The molecule has 0 amide bonds. The fraction of sp³-hybridized carbons (Fsp3) is 0.769. The predicted octanol–water partition coefficient (Wildman–Crippen LogP) is 2.84. The topological polar surface area (TPSA) is 84.9 Å². The molecule has 0 saturated heterocycles. The quantitative estimate of drug-likeness (QED) is 0.520. The third-order valence-electron chi connectivity index (χ3n) is 2.91. The predicted molar refractivity (Wildman–Crippen MR) is 84.0 cm³/mol. The molecule has 0 bridgehead atoms. The van der Waals surface area contributed by atoms with Crippen LogP contribution in [0.3, 0.4) is 0 Å². The van der Waals surface area contributed by atoms with Gasteiger partial charge >= 0.3 is 13.6 Å². The number of carbonyl (C=O) groups is 1. The van der Waals surface area contributed by atoms with Gasteiger partial charge in [-0.2, -0.15) is 0 Å². The van der Waals surface area contributed by atoms with Crippen LogP contribution in [0.2, 0.25) is 0 Å². The molecular formula is C13H24NO5PS. The molecule has 6 nitrogen and oxygen atoms in total. The van der Waals surface area contributed by atoms with Crippen LogP contribution in [0.4, 0.5) is 0 Å². The van der Waals surface area contributed by atoms with Crippen molar-refractivity contribution < 1.29 is 23.5 Å². The minimum atomic E-state index is -3.92. The maximum atomic E-state index is 12.3. The van der Waals surface area contributed by atoms with E-state index in [0.717, 1.165) is 17.7 Å². The van der Waals surface area contributed by atoms with E-state index in [2.05, 4.69) is 12.2 Å². The summed E-state index contributed by atoms with van der Waals surface area (Å²) in [6.07, 6.45) is 2.61. The van der Waals surface area contributed by atoms with Gasteiger partial charge in [0.25, 0.3) is 0 Å². The molecule has 0 fully saturated rings. The van der Waals surface area contributed by atoms with Gasteiger partial charge in [0.1, 0.15) is 11.5 Å². The summed E-state index contributed by atoms with van der Waals surface area (Å²) in [6.45, 7) is 5.87. The van der Waals surface area contributed by atoms with Gasteiger partial charge in [-0.25, -0.2) is 4.79 Å². The standard InChI is InChI=1S/C13H24NO5PS/c1-4-7-8-11-12(20(16,17)19-6-3)14-10(9-21-11)13(15)18-5-2/h10,14H,4-9H2,1-3H3,(H,16,17)/t10-/m0/s1. The molecule has 0 aromatic heterocycles. The van der Waals surface area contributed by atoms with Crippen LogP contribution in [0.1, 0.15) is 40.0 Å². The van der Waals surface area contributed by atoms with Crippen molar-refractivity contribution in [3.8, 4) is 0 Å². The van der Waals surface area contributed by atoms with Crippen molar-refractivity contribution in [3.05, 3.63) is 10.3 Å². The zero-order valence-electron chi connectivity index (χ0n) is 12.8. The van der Waals surface area contributed by atoms with E-state index in [1.807, 2.05) is 0 Å². The van der Waals surface area contributed by atoms with E-state index in [-0.39, 0.29) is 18.7 Å². The van der Waals surface area contributed by atoms with Crippen molar-refractivity contribution >= 4 is 25.3 Å². The van der Waals surface area contributed by atoms with E-state index >= 15 is 0 Å². The lowest BCUT2D eigenvalue weighted by Crippen LogP contribution is -2.42. The second-order valence-electron chi connectivity index (χ2n) is 4.57. The highest BCUT2D eigenvalue weighted by Gasteiger charge is 2.36. The Hall–Kier alpha value is -0.490. The summed E-state index contributed by atoms with van der Waals surface area (Å²) in [5, 5.41) is 2.87. The van der Waals surface area contributed by atoms with Crippen molar-refractivity contribution in [1.82, 2.24) is 5.32 Å². The number of nitrogens with one attached hydrogen (secondary N) is 1. The molecule has 1 rings (SSSR count). The van der Waals surface area contributed by atoms with Crippen LogP contribution in [0, 0.1) is 0 Å². The Morgan fingerprint density at radius 1 is 1.43 bits per heavy atom. The summed E-state index contributed by atoms with van der Waals surface area (Å²) >= 11 is 1.43. The van der Waals surface area contributed by atoms with Gasteiger partial charge < -0.3 is 19.5 Å². The van der Waals surface area contributed by atoms with Crippen molar-refractivity contribution in [1.29, 1.82) is 0 Å². The van der Waals surface area contributed by atoms with Crippen molar-refractivity contribution in [2.24, 2.45) is 0 Å². The Labute approximate surface area is 130 Å². The summed E-state index contributed by atoms with van der Waals surface area (Å²) in [7, 11) is -3.92. The Morgan fingerprint density at radius 2 is 2.14 bits per heavy atom. The van der Waals surface area contributed by atoms with Crippen LogP contribution in [-0.2, 0) is 18.6 Å². The molecule has 1 unspecified atom stereocenters. The van der Waals surface area contributed by atoms with Gasteiger partial charge in [-0.15, -0.1) is 11.8 Å². The average Bonchev–Trinajstić information content (AvgIpc) is 2.45. The normalized spacial score (nSPS) is 21.6. The molecule has 0 aromatic rings. The van der Waals surface area contributed by atoms with Gasteiger partial charge in [-0.1, -0.05) is 13.3 Å². The number of allylic oxidation sites excluding steroid dienone is 1. The third kappa shape index (κ3) is 5.33. The average molecular weight is 337 g/mol.